The maximum atomic E-state index is 14.4. The van der Waals surface area contributed by atoms with Gasteiger partial charge in [0.05, 0.1) is 42.8 Å². The van der Waals surface area contributed by atoms with Gasteiger partial charge in [0.25, 0.3) is 0 Å². The van der Waals surface area contributed by atoms with Crippen molar-refractivity contribution in [2.75, 3.05) is 43.0 Å². The minimum absolute atomic E-state index is 0.283. The van der Waals surface area contributed by atoms with E-state index < -0.39 is 5.82 Å². The molecule has 1 aliphatic heterocycles. The van der Waals surface area contributed by atoms with E-state index in [4.69, 9.17) is 9.47 Å². The van der Waals surface area contributed by atoms with Crippen LogP contribution in [-0.4, -0.2) is 49.7 Å². The number of hydrogen-bond acceptors (Lipinski definition) is 8. The van der Waals surface area contributed by atoms with Crippen molar-refractivity contribution >= 4 is 29.6 Å². The van der Waals surface area contributed by atoms with Crippen molar-refractivity contribution in [1.82, 2.24) is 9.97 Å². The molecule has 0 amide bonds. The third-order valence-electron chi connectivity index (χ3n) is 4.82. The highest BCUT2D eigenvalue weighted by Gasteiger charge is 2.15. The molecular formula is C22H21FN4O3S. The molecule has 0 unspecified atom stereocenters. The first-order chi connectivity index (χ1) is 15.2. The molecule has 9 heteroatoms. The largest absolute Gasteiger partial charge is 0.480 e. The molecule has 1 saturated heterocycles. The van der Waals surface area contributed by atoms with Crippen molar-refractivity contribution in [2.24, 2.45) is 0 Å². The van der Waals surface area contributed by atoms with Gasteiger partial charge >= 0.3 is 0 Å². The molecule has 0 aliphatic carbocycles. The number of nitrogens with one attached hydrogen (secondary N) is 1. The molecule has 4 rings (SSSR count). The zero-order chi connectivity index (χ0) is 21.6. The molecule has 3 aromatic rings. The number of aldehydes is 1. The number of carbonyl (C=O) groups is 1. The first kappa shape index (κ1) is 21.1. The van der Waals surface area contributed by atoms with E-state index in [0.29, 0.717) is 36.6 Å². The van der Waals surface area contributed by atoms with E-state index in [1.165, 1.54) is 18.0 Å². The molecule has 0 radical (unpaired) electrons. The van der Waals surface area contributed by atoms with Crippen LogP contribution in [0.1, 0.15) is 10.4 Å². The first-order valence-corrected chi connectivity index (χ1v) is 10.5. The SMILES string of the molecule is COc1ncc(N2CCOCC2)cc1SNc1ccnc(-c2ccc(C=O)cc2F)c1. The van der Waals surface area contributed by atoms with Crippen LogP contribution in [0, 0.1) is 5.82 Å². The second-order valence-corrected chi connectivity index (χ2v) is 7.64. The highest BCUT2D eigenvalue weighted by atomic mass is 32.2. The van der Waals surface area contributed by atoms with Gasteiger partial charge in [-0.1, -0.05) is 6.07 Å². The number of pyridine rings is 2. The molecule has 2 aromatic heterocycles. The van der Waals surface area contributed by atoms with Crippen LogP contribution in [0.3, 0.4) is 0 Å². The third-order valence-corrected chi connectivity index (χ3v) is 5.67. The molecule has 31 heavy (non-hydrogen) atoms. The van der Waals surface area contributed by atoms with Gasteiger partial charge in [0.1, 0.15) is 12.1 Å². The Morgan fingerprint density at radius 3 is 2.77 bits per heavy atom. The Kier molecular flexibility index (Phi) is 6.63. The lowest BCUT2D eigenvalue weighted by molar-refractivity contribution is 0.112. The van der Waals surface area contributed by atoms with Crippen LogP contribution in [0.2, 0.25) is 0 Å². The number of anilines is 2. The number of morpholine rings is 1. The van der Waals surface area contributed by atoms with Gasteiger partial charge in [-0.25, -0.2) is 9.37 Å². The van der Waals surface area contributed by atoms with Gasteiger partial charge in [-0.3, -0.25) is 9.78 Å². The highest BCUT2D eigenvalue weighted by molar-refractivity contribution is 8.00. The van der Waals surface area contributed by atoms with Crippen LogP contribution in [-0.2, 0) is 4.74 Å². The Morgan fingerprint density at radius 2 is 2.03 bits per heavy atom. The Morgan fingerprint density at radius 1 is 1.19 bits per heavy atom. The monoisotopic (exact) mass is 440 g/mol. The predicted molar refractivity (Wildman–Crippen MR) is 118 cm³/mol. The Hall–Kier alpha value is -3.17. The summed E-state index contributed by atoms with van der Waals surface area (Å²) in [5.41, 5.74) is 2.82. The van der Waals surface area contributed by atoms with Crippen molar-refractivity contribution in [3.8, 4) is 17.1 Å². The van der Waals surface area contributed by atoms with Crippen LogP contribution in [0.4, 0.5) is 15.8 Å². The van der Waals surface area contributed by atoms with Gasteiger partial charge in [0, 0.05) is 36.1 Å². The maximum Gasteiger partial charge on any atom is 0.229 e. The van der Waals surface area contributed by atoms with E-state index in [0.717, 1.165) is 29.4 Å². The number of carbonyl (C=O) groups excluding carboxylic acids is 1. The summed E-state index contributed by atoms with van der Waals surface area (Å²) >= 11 is 1.35. The van der Waals surface area contributed by atoms with Crippen LogP contribution in [0.25, 0.3) is 11.3 Å². The number of aromatic nitrogens is 2. The summed E-state index contributed by atoms with van der Waals surface area (Å²) in [5.74, 6) is 0.0188. The average Bonchev–Trinajstić information content (AvgIpc) is 2.83. The minimum atomic E-state index is -0.494. The highest BCUT2D eigenvalue weighted by Crippen LogP contribution is 2.33. The summed E-state index contributed by atoms with van der Waals surface area (Å²) < 4.78 is 28.4. The Balaban J connectivity index is 1.53. The van der Waals surface area contributed by atoms with Crippen molar-refractivity contribution < 1.29 is 18.7 Å². The van der Waals surface area contributed by atoms with E-state index in [-0.39, 0.29) is 5.56 Å². The van der Waals surface area contributed by atoms with Gasteiger partial charge in [0.15, 0.2) is 0 Å². The fraction of sp³-hybridized carbons (Fsp3) is 0.227. The zero-order valence-electron chi connectivity index (χ0n) is 16.9. The first-order valence-electron chi connectivity index (χ1n) is 9.68. The Bertz CT molecular complexity index is 1080. The van der Waals surface area contributed by atoms with Crippen LogP contribution in [0.15, 0.2) is 53.7 Å². The number of methoxy groups -OCH3 is 1. The molecule has 0 bridgehead atoms. The number of benzene rings is 1. The molecule has 0 spiro atoms. The van der Waals surface area contributed by atoms with Gasteiger partial charge in [-0.2, -0.15) is 0 Å². The number of ether oxygens (including phenoxy) is 2. The molecule has 1 aliphatic rings. The molecule has 1 aromatic carbocycles. The second kappa shape index (κ2) is 9.76. The molecule has 0 atom stereocenters. The lowest BCUT2D eigenvalue weighted by atomic mass is 10.1. The van der Waals surface area contributed by atoms with E-state index in [9.17, 15) is 9.18 Å². The van der Waals surface area contributed by atoms with Crippen molar-refractivity contribution in [3.63, 3.8) is 0 Å². The number of rotatable bonds is 7. The van der Waals surface area contributed by atoms with Crippen LogP contribution in [0.5, 0.6) is 5.88 Å². The molecule has 1 fully saturated rings. The average molecular weight is 441 g/mol. The summed E-state index contributed by atoms with van der Waals surface area (Å²) in [7, 11) is 1.58. The van der Waals surface area contributed by atoms with Crippen LogP contribution >= 0.6 is 11.9 Å². The predicted octanol–water partition coefficient (Wildman–Crippen LogP) is 4.06. The normalized spacial score (nSPS) is 13.7. The lowest BCUT2D eigenvalue weighted by Crippen LogP contribution is -2.36. The van der Waals surface area contributed by atoms with E-state index >= 15 is 0 Å². The van der Waals surface area contributed by atoms with Gasteiger partial charge < -0.3 is 19.1 Å². The molecule has 1 N–H and O–H groups in total. The van der Waals surface area contributed by atoms with E-state index in [1.807, 2.05) is 6.07 Å². The fourth-order valence-electron chi connectivity index (χ4n) is 3.21. The standard InChI is InChI=1S/C22H21FN4O3S/c1-29-22-21(12-17(13-25-22)27-6-8-30-9-7-27)31-26-16-4-5-24-20(11-16)18-3-2-15(14-28)10-19(18)23/h2-5,10-14H,6-9H2,1H3,(H,24,26). The molecule has 0 saturated carbocycles. The van der Waals surface area contributed by atoms with Gasteiger partial charge in [-0.15, -0.1) is 0 Å². The summed E-state index contributed by atoms with van der Waals surface area (Å²) in [6.07, 6.45) is 4.01. The van der Waals surface area contributed by atoms with Gasteiger partial charge in [0.2, 0.25) is 5.88 Å². The minimum Gasteiger partial charge on any atom is -0.480 e. The van der Waals surface area contributed by atoms with E-state index in [2.05, 4.69) is 19.6 Å². The van der Waals surface area contributed by atoms with Gasteiger partial charge in [-0.05, 0) is 42.3 Å². The van der Waals surface area contributed by atoms with E-state index in [1.54, 1.807) is 43.8 Å². The van der Waals surface area contributed by atoms with Crippen molar-refractivity contribution in [1.29, 1.82) is 0 Å². The summed E-state index contributed by atoms with van der Waals surface area (Å²) in [4.78, 5) is 22.6. The van der Waals surface area contributed by atoms with Crippen molar-refractivity contribution in [3.05, 3.63) is 60.2 Å². The summed E-state index contributed by atoms with van der Waals surface area (Å²) in [6.45, 7) is 3.01. The maximum absolute atomic E-state index is 14.4. The third kappa shape index (κ3) is 4.95. The molecule has 3 heterocycles. The smallest absolute Gasteiger partial charge is 0.229 e. The number of halogens is 1. The quantitative estimate of drug-likeness (QED) is 0.435. The fourth-order valence-corrected chi connectivity index (χ4v) is 3.97. The summed E-state index contributed by atoms with van der Waals surface area (Å²) in [6, 6.07) is 9.88. The number of hydrogen-bond donors (Lipinski definition) is 1. The molecule has 160 valence electrons. The lowest BCUT2D eigenvalue weighted by Gasteiger charge is -2.29. The topological polar surface area (TPSA) is 76.6 Å². The molecular weight excluding hydrogens is 419 g/mol. The van der Waals surface area contributed by atoms with Crippen LogP contribution < -0.4 is 14.4 Å². The molecule has 7 nitrogen and oxygen atoms in total. The Labute approximate surface area is 183 Å². The van der Waals surface area contributed by atoms with Crippen molar-refractivity contribution in [2.45, 2.75) is 4.90 Å². The summed E-state index contributed by atoms with van der Waals surface area (Å²) in [5, 5.41) is 0. The second-order valence-electron chi connectivity index (χ2n) is 6.79. The zero-order valence-corrected chi connectivity index (χ0v) is 17.7. The number of nitrogens with zero attached hydrogens (tertiary/aromatic N) is 3.